The van der Waals surface area contributed by atoms with Gasteiger partial charge in [0.25, 0.3) is 0 Å². The van der Waals surface area contributed by atoms with E-state index in [1.165, 1.54) is 4.68 Å². The second kappa shape index (κ2) is 4.61. The van der Waals surface area contributed by atoms with Crippen molar-refractivity contribution in [1.29, 1.82) is 0 Å². The molecule has 0 aliphatic heterocycles. The highest BCUT2D eigenvalue weighted by Gasteiger charge is 2.29. The first-order valence-electron chi connectivity index (χ1n) is 5.41. The number of carbonyl (C=O) groups excluding carboxylic acids is 1. The molecule has 2 rings (SSSR count). The Bertz CT molecular complexity index is 346. The van der Waals surface area contributed by atoms with Gasteiger partial charge < -0.3 is 10.0 Å². The van der Waals surface area contributed by atoms with Crippen LogP contribution in [-0.2, 0) is 11.3 Å². The normalized spacial score (nSPS) is 23.9. The van der Waals surface area contributed by atoms with E-state index in [0.29, 0.717) is 12.5 Å². The van der Waals surface area contributed by atoms with E-state index in [4.69, 9.17) is 5.11 Å². The molecule has 0 spiro atoms. The second-order valence-corrected chi connectivity index (χ2v) is 4.37. The number of nitrogens with zero attached hydrogens (tertiary/aromatic N) is 4. The zero-order valence-electron chi connectivity index (χ0n) is 9.28. The van der Waals surface area contributed by atoms with Gasteiger partial charge in [-0.05, 0) is 18.8 Å². The molecule has 6 nitrogen and oxygen atoms in total. The van der Waals surface area contributed by atoms with Gasteiger partial charge in [-0.25, -0.2) is 4.68 Å². The minimum absolute atomic E-state index is 0.0203. The highest BCUT2D eigenvalue weighted by Crippen LogP contribution is 2.27. The topological polar surface area (TPSA) is 71.2 Å². The van der Waals surface area contributed by atoms with Crippen LogP contribution in [0.3, 0.4) is 0 Å². The Morgan fingerprint density at radius 2 is 2.38 bits per heavy atom. The first-order chi connectivity index (χ1) is 7.65. The van der Waals surface area contributed by atoms with E-state index in [2.05, 4.69) is 10.3 Å². The fourth-order valence-electron chi connectivity index (χ4n) is 1.92. The van der Waals surface area contributed by atoms with Gasteiger partial charge in [-0.2, -0.15) is 0 Å². The fourth-order valence-corrected chi connectivity index (χ4v) is 1.92. The molecular formula is C10H16N4O2. The Labute approximate surface area is 93.9 Å². The molecule has 1 aromatic rings. The molecule has 0 unspecified atom stereocenters. The Hall–Kier alpha value is -1.43. The molecule has 1 N–H and O–H groups in total. The summed E-state index contributed by atoms with van der Waals surface area (Å²) in [5, 5.41) is 16.5. The number of aliphatic hydroxyl groups excluding tert-OH is 1. The smallest absolute Gasteiger partial charge is 0.244 e. The summed E-state index contributed by atoms with van der Waals surface area (Å²) >= 11 is 0. The molecule has 6 heteroatoms. The van der Waals surface area contributed by atoms with Gasteiger partial charge in [-0.1, -0.05) is 5.21 Å². The maximum Gasteiger partial charge on any atom is 0.244 e. The first kappa shape index (κ1) is 11.1. The van der Waals surface area contributed by atoms with Gasteiger partial charge >= 0.3 is 0 Å². The molecule has 1 aliphatic rings. The van der Waals surface area contributed by atoms with Gasteiger partial charge in [0.1, 0.15) is 6.54 Å². The van der Waals surface area contributed by atoms with Gasteiger partial charge in [-0.15, -0.1) is 5.10 Å². The maximum absolute atomic E-state index is 11.7. The summed E-state index contributed by atoms with van der Waals surface area (Å²) in [7, 11) is 1.78. The minimum Gasteiger partial charge on any atom is -0.393 e. The summed E-state index contributed by atoms with van der Waals surface area (Å²) in [6, 6.07) is 0. The first-order valence-corrected chi connectivity index (χ1v) is 5.41. The summed E-state index contributed by atoms with van der Waals surface area (Å²) in [6.45, 7) is 0.941. The van der Waals surface area contributed by atoms with E-state index in [-0.39, 0.29) is 18.6 Å². The molecule has 0 radical (unpaired) electrons. The molecule has 1 heterocycles. The number of hydrogen-bond acceptors (Lipinski definition) is 4. The van der Waals surface area contributed by atoms with E-state index in [0.717, 1.165) is 12.8 Å². The number of likely N-dealkylation sites (N-methyl/N-ethyl adjacent to an activating group) is 1. The molecular weight excluding hydrogens is 208 g/mol. The highest BCUT2D eigenvalue weighted by atomic mass is 16.3. The Balaban J connectivity index is 1.76. The number of rotatable bonds is 4. The van der Waals surface area contributed by atoms with Crippen molar-refractivity contribution in [3.05, 3.63) is 12.4 Å². The van der Waals surface area contributed by atoms with Crippen LogP contribution in [0.25, 0.3) is 0 Å². The average molecular weight is 224 g/mol. The van der Waals surface area contributed by atoms with Crippen LogP contribution in [0, 0.1) is 5.92 Å². The lowest BCUT2D eigenvalue weighted by Gasteiger charge is -2.34. The van der Waals surface area contributed by atoms with Gasteiger partial charge in [0.2, 0.25) is 5.91 Å². The van der Waals surface area contributed by atoms with Crippen LogP contribution < -0.4 is 0 Å². The average Bonchev–Trinajstić information content (AvgIpc) is 2.68. The summed E-state index contributed by atoms with van der Waals surface area (Å²) in [5.41, 5.74) is 0. The number of carbonyl (C=O) groups is 1. The van der Waals surface area contributed by atoms with Crippen molar-refractivity contribution in [3.63, 3.8) is 0 Å². The van der Waals surface area contributed by atoms with Crippen LogP contribution in [0.5, 0.6) is 0 Å². The third-order valence-electron chi connectivity index (χ3n) is 2.94. The molecule has 1 amide bonds. The van der Waals surface area contributed by atoms with E-state index in [9.17, 15) is 4.79 Å². The lowest BCUT2D eigenvalue weighted by atomic mass is 9.82. The third kappa shape index (κ3) is 2.57. The Kier molecular flexibility index (Phi) is 3.19. The fraction of sp³-hybridized carbons (Fsp3) is 0.700. The molecule has 16 heavy (non-hydrogen) atoms. The van der Waals surface area contributed by atoms with Gasteiger partial charge in [0, 0.05) is 19.8 Å². The number of aromatic nitrogens is 3. The van der Waals surface area contributed by atoms with Gasteiger partial charge in [0.15, 0.2) is 0 Å². The van der Waals surface area contributed by atoms with Crippen molar-refractivity contribution in [2.75, 3.05) is 13.6 Å². The van der Waals surface area contributed by atoms with Gasteiger partial charge in [-0.3, -0.25) is 4.79 Å². The molecule has 0 saturated heterocycles. The van der Waals surface area contributed by atoms with Gasteiger partial charge in [0.05, 0.1) is 12.3 Å². The molecule has 1 aliphatic carbocycles. The van der Waals surface area contributed by atoms with Crippen LogP contribution in [-0.4, -0.2) is 50.6 Å². The van der Waals surface area contributed by atoms with Crippen molar-refractivity contribution in [3.8, 4) is 0 Å². The van der Waals surface area contributed by atoms with Crippen LogP contribution in [0.2, 0.25) is 0 Å². The molecule has 0 atom stereocenters. The number of amides is 1. The monoisotopic (exact) mass is 224 g/mol. The Morgan fingerprint density at radius 3 is 2.94 bits per heavy atom. The lowest BCUT2D eigenvalue weighted by Crippen LogP contribution is -2.40. The van der Waals surface area contributed by atoms with E-state index in [1.54, 1.807) is 24.3 Å². The van der Waals surface area contributed by atoms with Crippen LogP contribution in [0.4, 0.5) is 0 Å². The molecule has 88 valence electrons. The van der Waals surface area contributed by atoms with Crippen molar-refractivity contribution in [2.45, 2.75) is 25.5 Å². The molecule has 1 aromatic heterocycles. The SMILES string of the molecule is CN(CC1CC(O)C1)C(=O)Cn1ccnn1. The summed E-state index contributed by atoms with van der Waals surface area (Å²) < 4.78 is 1.51. The number of hydrogen-bond donors (Lipinski definition) is 1. The van der Waals surface area contributed by atoms with Crippen molar-refractivity contribution in [1.82, 2.24) is 19.9 Å². The summed E-state index contributed by atoms with van der Waals surface area (Å²) in [4.78, 5) is 13.4. The van der Waals surface area contributed by atoms with E-state index >= 15 is 0 Å². The molecule has 1 saturated carbocycles. The summed E-state index contributed by atoms with van der Waals surface area (Å²) in [6.07, 6.45) is 4.67. The zero-order valence-corrected chi connectivity index (χ0v) is 9.28. The van der Waals surface area contributed by atoms with Crippen LogP contribution >= 0.6 is 0 Å². The van der Waals surface area contributed by atoms with Crippen molar-refractivity contribution >= 4 is 5.91 Å². The molecule has 0 bridgehead atoms. The lowest BCUT2D eigenvalue weighted by molar-refractivity contribution is -0.132. The van der Waals surface area contributed by atoms with E-state index in [1.807, 2.05) is 0 Å². The maximum atomic E-state index is 11.7. The number of aliphatic hydroxyl groups is 1. The largest absolute Gasteiger partial charge is 0.393 e. The molecule has 0 aromatic carbocycles. The van der Waals surface area contributed by atoms with Crippen LogP contribution in [0.1, 0.15) is 12.8 Å². The minimum atomic E-state index is -0.163. The van der Waals surface area contributed by atoms with Crippen molar-refractivity contribution in [2.24, 2.45) is 5.92 Å². The van der Waals surface area contributed by atoms with Crippen LogP contribution in [0.15, 0.2) is 12.4 Å². The van der Waals surface area contributed by atoms with Crippen molar-refractivity contribution < 1.29 is 9.90 Å². The third-order valence-corrected chi connectivity index (χ3v) is 2.94. The Morgan fingerprint density at radius 1 is 1.62 bits per heavy atom. The summed E-state index contributed by atoms with van der Waals surface area (Å²) in [5.74, 6) is 0.464. The molecule has 1 fully saturated rings. The highest BCUT2D eigenvalue weighted by molar-refractivity contribution is 5.75. The quantitative estimate of drug-likeness (QED) is 0.749. The second-order valence-electron chi connectivity index (χ2n) is 4.37. The predicted octanol–water partition coefficient (Wildman–Crippen LogP) is -0.493. The predicted molar refractivity (Wildman–Crippen MR) is 56.4 cm³/mol. The zero-order chi connectivity index (χ0) is 11.5. The van der Waals surface area contributed by atoms with E-state index < -0.39 is 0 Å². The standard InChI is InChI=1S/C10H16N4O2/c1-13(6-8-4-9(15)5-8)10(16)7-14-3-2-11-12-14/h2-3,8-9,15H,4-7H2,1H3.